The molecule has 0 aliphatic heterocycles. The molecule has 2 nitrogen and oxygen atoms in total. The molecule has 3 unspecified atom stereocenters. The second-order valence-corrected chi connectivity index (χ2v) is 5.80. The minimum absolute atomic E-state index is 0.0865. The maximum atomic E-state index is 9.68. The fourth-order valence-corrected chi connectivity index (χ4v) is 2.39. The van der Waals surface area contributed by atoms with E-state index in [4.69, 9.17) is 0 Å². The number of hydrogen-bond donors (Lipinski definition) is 2. The van der Waals surface area contributed by atoms with Crippen LogP contribution in [0.3, 0.4) is 0 Å². The first-order valence-electron chi connectivity index (χ1n) is 5.82. The van der Waals surface area contributed by atoms with E-state index in [0.717, 1.165) is 19.3 Å². The van der Waals surface area contributed by atoms with Crippen LogP contribution < -0.4 is 0 Å². The molecule has 1 aliphatic carbocycles. The molecule has 0 amide bonds. The standard InChI is InChI=1S/C13H24O2/c1-10(14)5-7-13(4)8-6-11(15)9-12(13,2)3/h5,7,10-11,14-15H,6,8-9H2,1-4H3/b7-5+. The normalized spacial score (nSPS) is 38.1. The Kier molecular flexibility index (Phi) is 3.62. The molecule has 0 aromatic carbocycles. The summed E-state index contributed by atoms with van der Waals surface area (Å²) >= 11 is 0. The quantitative estimate of drug-likeness (QED) is 0.690. The number of aliphatic hydroxyl groups excluding tert-OH is 2. The molecule has 0 heterocycles. The summed E-state index contributed by atoms with van der Waals surface area (Å²) in [5, 5.41) is 19.0. The third kappa shape index (κ3) is 2.82. The first-order valence-corrected chi connectivity index (χ1v) is 5.82. The van der Waals surface area contributed by atoms with Crippen LogP contribution in [0, 0.1) is 10.8 Å². The molecule has 15 heavy (non-hydrogen) atoms. The van der Waals surface area contributed by atoms with Gasteiger partial charge in [0.15, 0.2) is 0 Å². The van der Waals surface area contributed by atoms with Crippen molar-refractivity contribution < 1.29 is 10.2 Å². The molecule has 2 N–H and O–H groups in total. The summed E-state index contributed by atoms with van der Waals surface area (Å²) in [6, 6.07) is 0. The zero-order valence-electron chi connectivity index (χ0n) is 10.3. The van der Waals surface area contributed by atoms with Gasteiger partial charge in [-0.15, -0.1) is 0 Å². The number of hydrogen-bond acceptors (Lipinski definition) is 2. The predicted octanol–water partition coefficient (Wildman–Crippen LogP) is 2.50. The van der Waals surface area contributed by atoms with Gasteiger partial charge in [-0.05, 0) is 37.0 Å². The van der Waals surface area contributed by atoms with Crippen molar-refractivity contribution in [3.05, 3.63) is 12.2 Å². The van der Waals surface area contributed by atoms with Crippen LogP contribution in [-0.2, 0) is 0 Å². The maximum Gasteiger partial charge on any atom is 0.0692 e. The Morgan fingerprint density at radius 3 is 2.40 bits per heavy atom. The van der Waals surface area contributed by atoms with Crippen LogP contribution in [-0.4, -0.2) is 22.4 Å². The molecule has 2 heteroatoms. The van der Waals surface area contributed by atoms with Crippen molar-refractivity contribution in [2.45, 2.75) is 59.2 Å². The molecule has 0 aromatic heterocycles. The number of allylic oxidation sites excluding steroid dienone is 1. The minimum atomic E-state index is -0.385. The summed E-state index contributed by atoms with van der Waals surface area (Å²) in [4.78, 5) is 0. The monoisotopic (exact) mass is 212 g/mol. The summed E-state index contributed by atoms with van der Waals surface area (Å²) in [5.41, 5.74) is 0.180. The van der Waals surface area contributed by atoms with Crippen molar-refractivity contribution in [1.29, 1.82) is 0 Å². The number of rotatable bonds is 2. The molecule has 1 saturated carbocycles. The first-order chi connectivity index (χ1) is 6.77. The van der Waals surface area contributed by atoms with Crippen molar-refractivity contribution in [3.63, 3.8) is 0 Å². The van der Waals surface area contributed by atoms with Gasteiger partial charge < -0.3 is 10.2 Å². The largest absolute Gasteiger partial charge is 0.393 e. The van der Waals surface area contributed by atoms with Crippen LogP contribution >= 0.6 is 0 Å². The third-order valence-corrected chi connectivity index (χ3v) is 4.03. The fraction of sp³-hybridized carbons (Fsp3) is 0.846. The van der Waals surface area contributed by atoms with E-state index in [1.807, 2.05) is 6.08 Å². The molecule has 0 radical (unpaired) electrons. The van der Waals surface area contributed by atoms with Crippen molar-refractivity contribution in [2.75, 3.05) is 0 Å². The summed E-state index contributed by atoms with van der Waals surface area (Å²) in [6.45, 7) is 8.38. The highest BCUT2D eigenvalue weighted by Crippen LogP contribution is 2.51. The van der Waals surface area contributed by atoms with Crippen LogP contribution in [0.4, 0.5) is 0 Å². The van der Waals surface area contributed by atoms with Gasteiger partial charge in [0.25, 0.3) is 0 Å². The van der Waals surface area contributed by atoms with Gasteiger partial charge >= 0.3 is 0 Å². The van der Waals surface area contributed by atoms with Crippen LogP contribution in [0.2, 0.25) is 0 Å². The first kappa shape index (κ1) is 12.7. The molecule has 0 spiro atoms. The van der Waals surface area contributed by atoms with E-state index in [-0.39, 0.29) is 23.0 Å². The zero-order valence-corrected chi connectivity index (χ0v) is 10.3. The van der Waals surface area contributed by atoms with Gasteiger partial charge in [0, 0.05) is 0 Å². The molecule has 88 valence electrons. The van der Waals surface area contributed by atoms with Crippen molar-refractivity contribution in [3.8, 4) is 0 Å². The number of aliphatic hydroxyl groups is 2. The van der Waals surface area contributed by atoms with Gasteiger partial charge in [-0.2, -0.15) is 0 Å². The lowest BCUT2D eigenvalue weighted by Crippen LogP contribution is -2.41. The van der Waals surface area contributed by atoms with E-state index in [2.05, 4.69) is 26.8 Å². The Bertz CT molecular complexity index is 243. The fourth-order valence-electron chi connectivity index (χ4n) is 2.39. The summed E-state index contributed by atoms with van der Waals surface area (Å²) < 4.78 is 0. The van der Waals surface area contributed by atoms with Crippen LogP contribution in [0.1, 0.15) is 47.0 Å². The Labute approximate surface area is 93.0 Å². The van der Waals surface area contributed by atoms with Gasteiger partial charge in [0.1, 0.15) is 0 Å². The minimum Gasteiger partial charge on any atom is -0.393 e. The molecule has 0 saturated heterocycles. The van der Waals surface area contributed by atoms with Gasteiger partial charge in [0.05, 0.1) is 12.2 Å². The summed E-state index contributed by atoms with van der Waals surface area (Å²) in [7, 11) is 0. The highest BCUT2D eigenvalue weighted by molar-refractivity contribution is 5.08. The Morgan fingerprint density at radius 2 is 1.93 bits per heavy atom. The average Bonchev–Trinajstić information content (AvgIpc) is 2.08. The van der Waals surface area contributed by atoms with E-state index in [9.17, 15) is 10.2 Å². The second kappa shape index (κ2) is 4.26. The molecule has 1 fully saturated rings. The van der Waals surface area contributed by atoms with Gasteiger partial charge in [-0.25, -0.2) is 0 Å². The predicted molar refractivity (Wildman–Crippen MR) is 62.6 cm³/mol. The lowest BCUT2D eigenvalue weighted by molar-refractivity contribution is -0.00857. The summed E-state index contributed by atoms with van der Waals surface area (Å²) in [6.07, 6.45) is 6.14. The van der Waals surface area contributed by atoms with E-state index in [0.29, 0.717) is 0 Å². The zero-order chi connectivity index (χ0) is 11.7. The third-order valence-electron chi connectivity index (χ3n) is 4.03. The molecule has 3 atom stereocenters. The maximum absolute atomic E-state index is 9.68. The molecular formula is C13H24O2. The van der Waals surface area contributed by atoms with Crippen molar-refractivity contribution in [2.24, 2.45) is 10.8 Å². The Morgan fingerprint density at radius 1 is 1.33 bits per heavy atom. The lowest BCUT2D eigenvalue weighted by atomic mass is 9.58. The van der Waals surface area contributed by atoms with Gasteiger partial charge in [-0.1, -0.05) is 32.9 Å². The van der Waals surface area contributed by atoms with Crippen molar-refractivity contribution >= 4 is 0 Å². The van der Waals surface area contributed by atoms with Crippen molar-refractivity contribution in [1.82, 2.24) is 0 Å². The van der Waals surface area contributed by atoms with Crippen LogP contribution in [0.15, 0.2) is 12.2 Å². The SMILES string of the molecule is CC(O)/C=C/C1(C)CCC(O)CC1(C)C. The van der Waals surface area contributed by atoms with Gasteiger partial charge in [0.2, 0.25) is 0 Å². The van der Waals surface area contributed by atoms with E-state index >= 15 is 0 Å². The van der Waals surface area contributed by atoms with E-state index in [1.54, 1.807) is 6.92 Å². The summed E-state index contributed by atoms with van der Waals surface area (Å²) in [5.74, 6) is 0. The second-order valence-electron chi connectivity index (χ2n) is 5.80. The molecular weight excluding hydrogens is 188 g/mol. The highest BCUT2D eigenvalue weighted by atomic mass is 16.3. The molecule has 1 aliphatic rings. The van der Waals surface area contributed by atoms with Crippen LogP contribution in [0.25, 0.3) is 0 Å². The molecule has 1 rings (SSSR count). The Hall–Kier alpha value is -0.340. The van der Waals surface area contributed by atoms with Gasteiger partial charge in [-0.3, -0.25) is 0 Å². The van der Waals surface area contributed by atoms with E-state index < -0.39 is 0 Å². The molecule has 0 aromatic rings. The van der Waals surface area contributed by atoms with E-state index in [1.165, 1.54) is 0 Å². The smallest absolute Gasteiger partial charge is 0.0692 e. The lowest BCUT2D eigenvalue weighted by Gasteiger charge is -2.48. The average molecular weight is 212 g/mol. The Balaban J connectivity index is 2.82. The molecule has 0 bridgehead atoms. The van der Waals surface area contributed by atoms with Crippen LogP contribution in [0.5, 0.6) is 0 Å². The topological polar surface area (TPSA) is 40.5 Å². The highest BCUT2D eigenvalue weighted by Gasteiger charge is 2.43.